The molecule has 0 radical (unpaired) electrons. The zero-order valence-corrected chi connectivity index (χ0v) is 11.1. The van der Waals surface area contributed by atoms with E-state index in [1.165, 1.54) is 29.8 Å². The Labute approximate surface area is 107 Å². The average Bonchev–Trinajstić information content (AvgIpc) is 2.82. The van der Waals surface area contributed by atoms with Crippen molar-refractivity contribution >= 4 is 15.7 Å². The number of nitrogen functional groups attached to an aromatic ring is 1. The van der Waals surface area contributed by atoms with Crippen LogP contribution >= 0.6 is 0 Å². The second-order valence-electron chi connectivity index (χ2n) is 4.33. The Kier molecular flexibility index (Phi) is 3.84. The van der Waals surface area contributed by atoms with Gasteiger partial charge in [-0.1, -0.05) is 0 Å². The maximum absolute atomic E-state index is 12.3. The van der Waals surface area contributed by atoms with Gasteiger partial charge < -0.3 is 10.5 Å². The second-order valence-corrected chi connectivity index (χ2v) is 6.35. The lowest BCUT2D eigenvalue weighted by atomic mass is 10.2. The van der Waals surface area contributed by atoms with E-state index >= 15 is 0 Å². The van der Waals surface area contributed by atoms with Crippen molar-refractivity contribution in [3.8, 4) is 0 Å². The number of hydrogen-bond donors (Lipinski definition) is 1. The Morgan fingerprint density at radius 2 is 2.39 bits per heavy atom. The van der Waals surface area contributed by atoms with Crippen molar-refractivity contribution in [1.29, 1.82) is 0 Å². The third-order valence-electron chi connectivity index (χ3n) is 2.99. The second kappa shape index (κ2) is 5.21. The highest BCUT2D eigenvalue weighted by Gasteiger charge is 2.27. The van der Waals surface area contributed by atoms with E-state index in [1.54, 1.807) is 0 Å². The number of likely N-dealkylation sites (N-methyl/N-ethyl adjacent to an activating group) is 1. The summed E-state index contributed by atoms with van der Waals surface area (Å²) in [6, 6.07) is 1.48. The van der Waals surface area contributed by atoms with Crippen LogP contribution in [0.25, 0.3) is 0 Å². The van der Waals surface area contributed by atoms with Crippen LogP contribution in [0.15, 0.2) is 23.4 Å². The predicted octanol–water partition coefficient (Wildman–Crippen LogP) is 0.463. The summed E-state index contributed by atoms with van der Waals surface area (Å²) in [7, 11) is -2.06. The van der Waals surface area contributed by atoms with Crippen LogP contribution < -0.4 is 5.73 Å². The lowest BCUT2D eigenvalue weighted by molar-refractivity contribution is 0.0979. The molecule has 2 N–H and O–H groups in total. The number of ether oxygens (including phenoxy) is 1. The lowest BCUT2D eigenvalue weighted by Crippen LogP contribution is -2.34. The Balaban J connectivity index is 2.17. The molecule has 0 spiro atoms. The van der Waals surface area contributed by atoms with E-state index in [0.29, 0.717) is 13.2 Å². The molecule has 7 heteroatoms. The van der Waals surface area contributed by atoms with Gasteiger partial charge in [0.1, 0.15) is 4.90 Å². The van der Waals surface area contributed by atoms with E-state index in [2.05, 4.69) is 4.98 Å². The molecule has 1 aliphatic heterocycles. The molecule has 0 amide bonds. The van der Waals surface area contributed by atoms with E-state index in [0.717, 1.165) is 12.8 Å². The smallest absolute Gasteiger partial charge is 0.246 e. The fraction of sp³-hybridized carbons (Fsp3) is 0.545. The fourth-order valence-electron chi connectivity index (χ4n) is 1.95. The molecule has 0 saturated carbocycles. The zero-order chi connectivity index (χ0) is 13.2. The highest BCUT2D eigenvalue weighted by atomic mass is 32.2. The first kappa shape index (κ1) is 13.3. The van der Waals surface area contributed by atoms with E-state index in [-0.39, 0.29) is 16.7 Å². The van der Waals surface area contributed by atoms with Crippen LogP contribution in [0.1, 0.15) is 12.8 Å². The Hall–Kier alpha value is -1.18. The maximum Gasteiger partial charge on any atom is 0.246 e. The third-order valence-corrected chi connectivity index (χ3v) is 4.86. The molecule has 6 nitrogen and oxygen atoms in total. The van der Waals surface area contributed by atoms with Crippen LogP contribution in [0.5, 0.6) is 0 Å². The highest BCUT2D eigenvalue weighted by Crippen LogP contribution is 2.21. The van der Waals surface area contributed by atoms with Crippen LogP contribution in [-0.2, 0) is 14.8 Å². The zero-order valence-electron chi connectivity index (χ0n) is 10.2. The van der Waals surface area contributed by atoms with Crippen molar-refractivity contribution in [1.82, 2.24) is 9.29 Å². The van der Waals surface area contributed by atoms with Crippen molar-refractivity contribution in [2.24, 2.45) is 0 Å². The van der Waals surface area contributed by atoms with Gasteiger partial charge in [0.15, 0.2) is 0 Å². The predicted molar refractivity (Wildman–Crippen MR) is 67.4 cm³/mol. The molecule has 0 aromatic carbocycles. The SMILES string of the molecule is CN(CC1CCCO1)S(=O)(=O)c1cnccc1N. The Bertz CT molecular complexity index is 512. The van der Waals surface area contributed by atoms with E-state index in [9.17, 15) is 8.42 Å². The van der Waals surface area contributed by atoms with E-state index < -0.39 is 10.0 Å². The number of aromatic nitrogens is 1. The summed E-state index contributed by atoms with van der Waals surface area (Å²) in [5.74, 6) is 0. The first-order valence-electron chi connectivity index (χ1n) is 5.79. The van der Waals surface area contributed by atoms with Crippen LogP contribution in [-0.4, -0.2) is 44.0 Å². The standard InChI is InChI=1S/C11H17N3O3S/c1-14(8-9-3-2-6-17-9)18(15,16)11-7-13-5-4-10(11)12/h4-5,7,9H,2-3,6,8H2,1H3,(H2,12,13). The summed E-state index contributed by atoms with van der Waals surface area (Å²) in [5, 5.41) is 0. The maximum atomic E-state index is 12.3. The third kappa shape index (κ3) is 2.63. The highest BCUT2D eigenvalue weighted by molar-refractivity contribution is 7.89. The number of nitrogens with zero attached hydrogens (tertiary/aromatic N) is 2. The van der Waals surface area contributed by atoms with Crippen molar-refractivity contribution in [2.75, 3.05) is 25.9 Å². The molecular weight excluding hydrogens is 254 g/mol. The lowest BCUT2D eigenvalue weighted by Gasteiger charge is -2.20. The van der Waals surface area contributed by atoms with Gasteiger partial charge in [-0.2, -0.15) is 4.31 Å². The average molecular weight is 271 g/mol. The number of anilines is 1. The topological polar surface area (TPSA) is 85.5 Å². The minimum atomic E-state index is -3.59. The quantitative estimate of drug-likeness (QED) is 0.860. The fourth-order valence-corrected chi connectivity index (χ4v) is 3.21. The van der Waals surface area contributed by atoms with E-state index in [1.807, 2.05) is 0 Å². The van der Waals surface area contributed by atoms with Gasteiger partial charge in [0.2, 0.25) is 10.0 Å². The monoisotopic (exact) mass is 271 g/mol. The van der Waals surface area contributed by atoms with Gasteiger partial charge in [-0.15, -0.1) is 0 Å². The van der Waals surface area contributed by atoms with Crippen LogP contribution in [0.4, 0.5) is 5.69 Å². The summed E-state index contributed by atoms with van der Waals surface area (Å²) in [4.78, 5) is 3.86. The number of rotatable bonds is 4. The molecule has 1 fully saturated rings. The van der Waals surface area contributed by atoms with Crippen molar-refractivity contribution in [3.05, 3.63) is 18.5 Å². The summed E-state index contributed by atoms with van der Waals surface area (Å²) < 4.78 is 31.3. The van der Waals surface area contributed by atoms with Crippen LogP contribution in [0, 0.1) is 0 Å². The Morgan fingerprint density at radius 1 is 1.61 bits per heavy atom. The molecule has 100 valence electrons. The number of sulfonamides is 1. The molecule has 1 aromatic rings. The minimum Gasteiger partial charge on any atom is -0.398 e. The summed E-state index contributed by atoms with van der Waals surface area (Å²) >= 11 is 0. The molecule has 0 bridgehead atoms. The van der Waals surface area contributed by atoms with Gasteiger partial charge in [-0.25, -0.2) is 8.42 Å². The largest absolute Gasteiger partial charge is 0.398 e. The molecule has 1 saturated heterocycles. The molecule has 1 unspecified atom stereocenters. The molecule has 1 atom stereocenters. The first-order chi connectivity index (χ1) is 8.51. The summed E-state index contributed by atoms with van der Waals surface area (Å²) in [5.41, 5.74) is 5.89. The summed E-state index contributed by atoms with van der Waals surface area (Å²) in [6.07, 6.45) is 4.59. The van der Waals surface area contributed by atoms with Crippen molar-refractivity contribution < 1.29 is 13.2 Å². The molecule has 1 aliphatic rings. The van der Waals surface area contributed by atoms with Gasteiger partial charge in [-0.05, 0) is 18.9 Å². The molecule has 1 aromatic heterocycles. The Morgan fingerprint density at radius 3 is 3.00 bits per heavy atom. The first-order valence-corrected chi connectivity index (χ1v) is 7.23. The van der Waals surface area contributed by atoms with Gasteiger partial charge in [-0.3, -0.25) is 4.98 Å². The van der Waals surface area contributed by atoms with Gasteiger partial charge in [0.05, 0.1) is 11.8 Å². The molecule has 2 rings (SSSR count). The normalized spacial score (nSPS) is 20.4. The molecule has 0 aliphatic carbocycles. The van der Waals surface area contributed by atoms with Gasteiger partial charge in [0, 0.05) is 32.6 Å². The minimum absolute atomic E-state index is 0.0253. The molecular formula is C11H17N3O3S. The van der Waals surface area contributed by atoms with Gasteiger partial charge in [0.25, 0.3) is 0 Å². The summed E-state index contributed by atoms with van der Waals surface area (Å²) in [6.45, 7) is 1.05. The van der Waals surface area contributed by atoms with Crippen LogP contribution in [0.3, 0.4) is 0 Å². The van der Waals surface area contributed by atoms with Gasteiger partial charge >= 0.3 is 0 Å². The van der Waals surface area contributed by atoms with E-state index in [4.69, 9.17) is 10.5 Å². The van der Waals surface area contributed by atoms with Crippen molar-refractivity contribution in [3.63, 3.8) is 0 Å². The molecule has 2 heterocycles. The number of hydrogen-bond acceptors (Lipinski definition) is 5. The number of nitrogens with two attached hydrogens (primary N) is 1. The molecule has 18 heavy (non-hydrogen) atoms. The van der Waals surface area contributed by atoms with Crippen molar-refractivity contribution in [2.45, 2.75) is 23.8 Å². The number of pyridine rings is 1. The van der Waals surface area contributed by atoms with Crippen LogP contribution in [0.2, 0.25) is 0 Å².